The van der Waals surface area contributed by atoms with Crippen LogP contribution in [0.1, 0.15) is 32.1 Å². The Balaban J connectivity index is 1.74. The highest BCUT2D eigenvalue weighted by atomic mass is 32.2. The van der Waals surface area contributed by atoms with E-state index < -0.39 is 15.8 Å². The van der Waals surface area contributed by atoms with Gasteiger partial charge in [-0.05, 0) is 38.3 Å². The van der Waals surface area contributed by atoms with Crippen molar-refractivity contribution in [1.82, 2.24) is 4.90 Å². The second kappa shape index (κ2) is 5.41. The number of hydrogen-bond acceptors (Lipinski definition) is 3. The van der Waals surface area contributed by atoms with Crippen molar-refractivity contribution in [2.75, 3.05) is 31.1 Å². The first kappa shape index (κ1) is 14.2. The summed E-state index contributed by atoms with van der Waals surface area (Å²) in [5, 5.41) is 0. The van der Waals surface area contributed by atoms with Gasteiger partial charge < -0.3 is 4.90 Å². The fraction of sp³-hybridized carbons (Fsp3) is 1.00. The van der Waals surface area contributed by atoms with Crippen LogP contribution in [0.4, 0.5) is 8.78 Å². The SMILES string of the molecule is O=S1(=O)CCC(CCN2CCCC(F)(F)CC2)C1. The molecule has 0 bridgehead atoms. The van der Waals surface area contributed by atoms with E-state index in [1.54, 1.807) is 0 Å². The highest BCUT2D eigenvalue weighted by Gasteiger charge is 2.32. The van der Waals surface area contributed by atoms with Gasteiger partial charge in [0.1, 0.15) is 0 Å². The molecule has 2 saturated heterocycles. The van der Waals surface area contributed by atoms with Crippen molar-refractivity contribution >= 4 is 9.84 Å². The zero-order valence-electron chi connectivity index (χ0n) is 10.6. The zero-order valence-corrected chi connectivity index (χ0v) is 11.4. The molecule has 2 aliphatic rings. The molecule has 2 rings (SSSR count). The lowest BCUT2D eigenvalue weighted by atomic mass is 10.1. The van der Waals surface area contributed by atoms with Crippen LogP contribution in [0, 0.1) is 5.92 Å². The Morgan fingerprint density at radius 3 is 2.67 bits per heavy atom. The summed E-state index contributed by atoms with van der Waals surface area (Å²) in [5.74, 6) is -1.68. The summed E-state index contributed by atoms with van der Waals surface area (Å²) in [6.45, 7) is 1.91. The van der Waals surface area contributed by atoms with Gasteiger partial charge >= 0.3 is 0 Å². The van der Waals surface area contributed by atoms with Crippen LogP contribution < -0.4 is 0 Å². The number of alkyl halides is 2. The highest BCUT2D eigenvalue weighted by molar-refractivity contribution is 7.91. The molecule has 1 atom stereocenters. The zero-order chi connectivity index (χ0) is 13.2. The predicted molar refractivity (Wildman–Crippen MR) is 66.6 cm³/mol. The Hall–Kier alpha value is -0.230. The molecule has 0 saturated carbocycles. The van der Waals surface area contributed by atoms with Gasteiger partial charge in [-0.3, -0.25) is 0 Å². The van der Waals surface area contributed by atoms with Crippen molar-refractivity contribution in [2.45, 2.75) is 38.0 Å². The minimum atomic E-state index is -2.81. The lowest BCUT2D eigenvalue weighted by molar-refractivity contribution is -0.0131. The average molecular weight is 281 g/mol. The minimum absolute atomic E-state index is 0.0126. The van der Waals surface area contributed by atoms with Gasteiger partial charge in [0, 0.05) is 19.4 Å². The van der Waals surface area contributed by atoms with Gasteiger partial charge in [-0.2, -0.15) is 0 Å². The summed E-state index contributed by atoms with van der Waals surface area (Å²) < 4.78 is 49.0. The number of halogens is 2. The van der Waals surface area contributed by atoms with Crippen LogP contribution in [0.25, 0.3) is 0 Å². The van der Waals surface area contributed by atoms with E-state index >= 15 is 0 Å². The van der Waals surface area contributed by atoms with E-state index in [0.29, 0.717) is 18.7 Å². The Kier molecular flexibility index (Phi) is 4.26. The fourth-order valence-electron chi connectivity index (χ4n) is 2.81. The molecule has 6 heteroatoms. The van der Waals surface area contributed by atoms with E-state index in [0.717, 1.165) is 25.9 Å². The Labute approximate surface area is 107 Å². The summed E-state index contributed by atoms with van der Waals surface area (Å²) in [7, 11) is -2.81. The maximum atomic E-state index is 13.2. The molecule has 0 aliphatic carbocycles. The predicted octanol–water partition coefficient (Wildman–Crippen LogP) is 1.93. The second-order valence-electron chi connectivity index (χ2n) is 5.61. The van der Waals surface area contributed by atoms with E-state index in [9.17, 15) is 17.2 Å². The number of likely N-dealkylation sites (tertiary alicyclic amines) is 1. The van der Waals surface area contributed by atoms with E-state index in [4.69, 9.17) is 0 Å². The maximum Gasteiger partial charge on any atom is 0.249 e. The molecule has 0 spiro atoms. The summed E-state index contributed by atoms with van der Waals surface area (Å²) in [5.41, 5.74) is 0. The van der Waals surface area contributed by atoms with Crippen molar-refractivity contribution in [3.63, 3.8) is 0 Å². The molecule has 18 heavy (non-hydrogen) atoms. The van der Waals surface area contributed by atoms with E-state index in [-0.39, 0.29) is 24.5 Å². The normalized spacial score (nSPS) is 32.2. The first-order valence-electron chi connectivity index (χ1n) is 6.67. The Morgan fingerprint density at radius 1 is 1.22 bits per heavy atom. The monoisotopic (exact) mass is 281 g/mol. The average Bonchev–Trinajstić information content (AvgIpc) is 2.51. The topological polar surface area (TPSA) is 37.4 Å². The molecule has 2 fully saturated rings. The lowest BCUT2D eigenvalue weighted by Gasteiger charge is -2.21. The molecular formula is C12H21F2NO2S. The highest BCUT2D eigenvalue weighted by Crippen LogP contribution is 2.28. The first-order valence-corrected chi connectivity index (χ1v) is 8.49. The Morgan fingerprint density at radius 2 is 2.00 bits per heavy atom. The largest absolute Gasteiger partial charge is 0.303 e. The van der Waals surface area contributed by atoms with Gasteiger partial charge in [0.2, 0.25) is 5.92 Å². The third-order valence-electron chi connectivity index (χ3n) is 3.99. The second-order valence-corrected chi connectivity index (χ2v) is 7.84. The molecule has 2 aliphatic heterocycles. The van der Waals surface area contributed by atoms with Crippen LogP contribution in [0.15, 0.2) is 0 Å². The molecule has 0 N–H and O–H groups in total. The van der Waals surface area contributed by atoms with Crippen molar-refractivity contribution < 1.29 is 17.2 Å². The maximum absolute atomic E-state index is 13.2. The molecular weight excluding hydrogens is 260 g/mol. The van der Waals surface area contributed by atoms with Crippen LogP contribution in [-0.2, 0) is 9.84 Å². The van der Waals surface area contributed by atoms with Gasteiger partial charge in [-0.25, -0.2) is 17.2 Å². The van der Waals surface area contributed by atoms with Crippen LogP contribution >= 0.6 is 0 Å². The van der Waals surface area contributed by atoms with Gasteiger partial charge in [0.25, 0.3) is 0 Å². The van der Waals surface area contributed by atoms with Gasteiger partial charge in [0.15, 0.2) is 9.84 Å². The third-order valence-corrected chi connectivity index (χ3v) is 5.83. The van der Waals surface area contributed by atoms with Crippen LogP contribution in [0.2, 0.25) is 0 Å². The number of rotatable bonds is 3. The van der Waals surface area contributed by atoms with Crippen LogP contribution in [0.5, 0.6) is 0 Å². The molecule has 0 aromatic rings. The van der Waals surface area contributed by atoms with Crippen LogP contribution in [-0.4, -0.2) is 50.4 Å². The molecule has 1 unspecified atom stereocenters. The van der Waals surface area contributed by atoms with Crippen molar-refractivity contribution in [3.05, 3.63) is 0 Å². The van der Waals surface area contributed by atoms with Crippen molar-refractivity contribution in [3.8, 4) is 0 Å². The number of nitrogens with zero attached hydrogens (tertiary/aromatic N) is 1. The smallest absolute Gasteiger partial charge is 0.249 e. The molecule has 0 radical (unpaired) electrons. The van der Waals surface area contributed by atoms with Gasteiger partial charge in [0.05, 0.1) is 11.5 Å². The molecule has 0 aromatic carbocycles. The van der Waals surface area contributed by atoms with Gasteiger partial charge in [-0.1, -0.05) is 0 Å². The number of sulfone groups is 1. The quantitative estimate of drug-likeness (QED) is 0.793. The summed E-state index contributed by atoms with van der Waals surface area (Å²) in [6.07, 6.45) is 2.03. The molecule has 2 heterocycles. The van der Waals surface area contributed by atoms with Crippen LogP contribution in [0.3, 0.4) is 0 Å². The van der Waals surface area contributed by atoms with Gasteiger partial charge in [-0.15, -0.1) is 0 Å². The standard InChI is InChI=1S/C12H21F2NO2S/c13-12(14)4-1-6-15(8-5-12)7-2-11-3-9-18(16,17)10-11/h11H,1-10H2. The molecule has 0 aromatic heterocycles. The van der Waals surface area contributed by atoms with E-state index in [1.165, 1.54) is 0 Å². The van der Waals surface area contributed by atoms with E-state index in [2.05, 4.69) is 4.90 Å². The minimum Gasteiger partial charge on any atom is -0.303 e. The van der Waals surface area contributed by atoms with Crippen molar-refractivity contribution in [1.29, 1.82) is 0 Å². The summed E-state index contributed by atoms with van der Waals surface area (Å²) >= 11 is 0. The molecule has 0 amide bonds. The lowest BCUT2D eigenvalue weighted by Crippen LogP contribution is -2.28. The summed E-state index contributed by atoms with van der Waals surface area (Å²) in [6, 6.07) is 0. The Bertz CT molecular complexity index is 384. The molecule has 106 valence electrons. The van der Waals surface area contributed by atoms with Crippen molar-refractivity contribution in [2.24, 2.45) is 5.92 Å². The molecule has 3 nitrogen and oxygen atoms in total. The van der Waals surface area contributed by atoms with E-state index in [1.807, 2.05) is 0 Å². The fourth-order valence-corrected chi connectivity index (χ4v) is 4.72. The summed E-state index contributed by atoms with van der Waals surface area (Å²) in [4.78, 5) is 2.06. The number of hydrogen-bond donors (Lipinski definition) is 0. The third kappa shape index (κ3) is 4.16. The first-order chi connectivity index (χ1) is 8.36.